The second-order valence-corrected chi connectivity index (χ2v) is 8.12. The molecule has 0 spiro atoms. The molecule has 0 bridgehead atoms. The van der Waals surface area contributed by atoms with Crippen LogP contribution in [-0.4, -0.2) is 48.3 Å². The molecule has 3 unspecified atom stereocenters. The SMILES string of the molecule is CCCC1CCCCN1CC1C(NC)C(C)(C)OC1(C)C. The summed E-state index contributed by atoms with van der Waals surface area (Å²) in [5.74, 6) is 0.551. The first-order valence-corrected chi connectivity index (χ1v) is 8.93. The fraction of sp³-hybridized carbons (Fsp3) is 1.00. The van der Waals surface area contributed by atoms with Crippen LogP contribution in [0.15, 0.2) is 0 Å². The van der Waals surface area contributed by atoms with Crippen molar-refractivity contribution in [2.24, 2.45) is 5.92 Å². The number of ether oxygens (including phenoxy) is 1. The molecule has 3 nitrogen and oxygen atoms in total. The van der Waals surface area contributed by atoms with E-state index >= 15 is 0 Å². The van der Waals surface area contributed by atoms with Crippen molar-refractivity contribution >= 4 is 0 Å². The average Bonchev–Trinajstić information content (AvgIpc) is 2.56. The van der Waals surface area contributed by atoms with E-state index in [0.29, 0.717) is 12.0 Å². The Bertz CT molecular complexity index is 338. The van der Waals surface area contributed by atoms with E-state index in [1.54, 1.807) is 0 Å². The van der Waals surface area contributed by atoms with Gasteiger partial charge >= 0.3 is 0 Å². The Hall–Kier alpha value is -0.120. The Morgan fingerprint density at radius 1 is 1.14 bits per heavy atom. The zero-order chi connectivity index (χ0) is 15.7. The lowest BCUT2D eigenvalue weighted by Gasteiger charge is -2.41. The van der Waals surface area contributed by atoms with Crippen LogP contribution < -0.4 is 5.32 Å². The van der Waals surface area contributed by atoms with Gasteiger partial charge in [0.25, 0.3) is 0 Å². The number of nitrogens with one attached hydrogen (secondary N) is 1. The quantitative estimate of drug-likeness (QED) is 0.841. The Balaban J connectivity index is 2.11. The number of piperidine rings is 1. The molecule has 0 aromatic rings. The van der Waals surface area contributed by atoms with Gasteiger partial charge in [-0.15, -0.1) is 0 Å². The summed E-state index contributed by atoms with van der Waals surface area (Å²) in [6.07, 6.45) is 6.80. The summed E-state index contributed by atoms with van der Waals surface area (Å²) >= 11 is 0. The number of nitrogens with zero attached hydrogens (tertiary/aromatic N) is 1. The number of rotatable bonds is 5. The van der Waals surface area contributed by atoms with E-state index in [4.69, 9.17) is 4.74 Å². The highest BCUT2D eigenvalue weighted by Gasteiger charge is 2.53. The van der Waals surface area contributed by atoms with Crippen molar-refractivity contribution < 1.29 is 4.74 Å². The summed E-state index contributed by atoms with van der Waals surface area (Å²) in [7, 11) is 2.09. The van der Waals surface area contributed by atoms with Gasteiger partial charge in [0.1, 0.15) is 0 Å². The highest BCUT2D eigenvalue weighted by Crippen LogP contribution is 2.43. The minimum absolute atomic E-state index is 0.0502. The second-order valence-electron chi connectivity index (χ2n) is 8.12. The van der Waals surface area contributed by atoms with Crippen LogP contribution in [0, 0.1) is 5.92 Å². The molecular formula is C18H36N2O. The van der Waals surface area contributed by atoms with Crippen molar-refractivity contribution in [2.75, 3.05) is 20.1 Å². The van der Waals surface area contributed by atoms with Gasteiger partial charge in [0.05, 0.1) is 11.2 Å². The second kappa shape index (κ2) is 6.55. The number of likely N-dealkylation sites (N-methyl/N-ethyl adjacent to an activating group) is 1. The van der Waals surface area contributed by atoms with Crippen LogP contribution in [0.4, 0.5) is 0 Å². The minimum atomic E-state index is -0.0844. The van der Waals surface area contributed by atoms with E-state index in [1.165, 1.54) is 45.2 Å². The van der Waals surface area contributed by atoms with Crippen molar-refractivity contribution in [3.8, 4) is 0 Å². The van der Waals surface area contributed by atoms with Crippen molar-refractivity contribution in [2.45, 2.75) is 90.0 Å². The summed E-state index contributed by atoms with van der Waals surface area (Å²) in [6, 6.07) is 1.22. The normalized spacial score (nSPS) is 36.0. The molecule has 1 N–H and O–H groups in total. The molecule has 3 heteroatoms. The molecule has 0 saturated carbocycles. The minimum Gasteiger partial charge on any atom is -0.368 e. The predicted octanol–water partition coefficient (Wildman–Crippen LogP) is 3.43. The number of hydrogen-bond donors (Lipinski definition) is 1. The molecule has 0 radical (unpaired) electrons. The van der Waals surface area contributed by atoms with Gasteiger partial charge in [-0.2, -0.15) is 0 Å². The van der Waals surface area contributed by atoms with Crippen LogP contribution in [0.5, 0.6) is 0 Å². The van der Waals surface area contributed by atoms with Crippen LogP contribution in [0.25, 0.3) is 0 Å². The first kappa shape index (κ1) is 17.2. The summed E-state index contributed by atoms with van der Waals surface area (Å²) in [6.45, 7) is 13.8. The maximum atomic E-state index is 6.40. The Morgan fingerprint density at radius 2 is 1.86 bits per heavy atom. The Kier molecular flexibility index (Phi) is 5.38. The maximum Gasteiger partial charge on any atom is 0.0790 e. The molecular weight excluding hydrogens is 260 g/mol. The molecule has 21 heavy (non-hydrogen) atoms. The third kappa shape index (κ3) is 3.62. The van der Waals surface area contributed by atoms with Crippen molar-refractivity contribution in [1.29, 1.82) is 0 Å². The van der Waals surface area contributed by atoms with Gasteiger partial charge in [0.2, 0.25) is 0 Å². The third-order valence-electron chi connectivity index (χ3n) is 5.68. The lowest BCUT2D eigenvalue weighted by molar-refractivity contribution is -0.0806. The molecule has 124 valence electrons. The van der Waals surface area contributed by atoms with Crippen LogP contribution in [0.3, 0.4) is 0 Å². The summed E-state index contributed by atoms with van der Waals surface area (Å²) in [5.41, 5.74) is -0.135. The van der Waals surface area contributed by atoms with Gasteiger partial charge in [0.15, 0.2) is 0 Å². The fourth-order valence-corrected chi connectivity index (χ4v) is 4.79. The molecule has 2 fully saturated rings. The number of likely N-dealkylation sites (tertiary alicyclic amines) is 1. The molecule has 0 aliphatic carbocycles. The van der Waals surface area contributed by atoms with Crippen LogP contribution >= 0.6 is 0 Å². The molecule has 0 aromatic heterocycles. The maximum absolute atomic E-state index is 6.40. The van der Waals surface area contributed by atoms with Crippen molar-refractivity contribution in [1.82, 2.24) is 10.2 Å². The van der Waals surface area contributed by atoms with E-state index in [1.807, 2.05) is 0 Å². The van der Waals surface area contributed by atoms with Gasteiger partial charge in [-0.3, -0.25) is 4.90 Å². The first-order chi connectivity index (χ1) is 9.81. The van der Waals surface area contributed by atoms with E-state index in [0.717, 1.165) is 6.04 Å². The summed E-state index contributed by atoms with van der Waals surface area (Å²) < 4.78 is 6.40. The predicted molar refractivity (Wildman–Crippen MR) is 89.7 cm³/mol. The molecule has 2 saturated heterocycles. The topological polar surface area (TPSA) is 24.5 Å². The monoisotopic (exact) mass is 296 g/mol. The molecule has 2 aliphatic rings. The zero-order valence-electron chi connectivity index (χ0n) is 15.0. The van der Waals surface area contributed by atoms with Gasteiger partial charge in [0, 0.05) is 24.5 Å². The summed E-state index contributed by atoms with van der Waals surface area (Å²) in [4.78, 5) is 2.76. The standard InChI is InChI=1S/C18H36N2O/c1-7-10-14-11-8-9-12-20(14)13-15-16(19-6)18(4,5)21-17(15,2)3/h14-16,19H,7-13H2,1-6H3. The molecule has 2 aliphatic heterocycles. The molecule has 2 heterocycles. The van der Waals surface area contributed by atoms with Crippen molar-refractivity contribution in [3.05, 3.63) is 0 Å². The largest absolute Gasteiger partial charge is 0.368 e. The Morgan fingerprint density at radius 3 is 2.48 bits per heavy atom. The van der Waals surface area contributed by atoms with E-state index < -0.39 is 0 Å². The fourth-order valence-electron chi connectivity index (χ4n) is 4.79. The van der Waals surface area contributed by atoms with Gasteiger partial charge in [-0.1, -0.05) is 19.8 Å². The van der Waals surface area contributed by atoms with E-state index in [-0.39, 0.29) is 11.2 Å². The number of hydrogen-bond acceptors (Lipinski definition) is 3. The highest BCUT2D eigenvalue weighted by atomic mass is 16.5. The molecule has 2 rings (SSSR count). The van der Waals surface area contributed by atoms with Gasteiger partial charge in [-0.05, 0) is 60.5 Å². The summed E-state index contributed by atoms with van der Waals surface area (Å²) in [5, 5.41) is 3.54. The van der Waals surface area contributed by atoms with Crippen LogP contribution in [0.1, 0.15) is 66.7 Å². The van der Waals surface area contributed by atoms with Crippen molar-refractivity contribution in [3.63, 3.8) is 0 Å². The highest BCUT2D eigenvalue weighted by molar-refractivity contribution is 5.06. The Labute approximate surface area is 131 Å². The smallest absolute Gasteiger partial charge is 0.0790 e. The lowest BCUT2D eigenvalue weighted by atomic mass is 9.81. The zero-order valence-corrected chi connectivity index (χ0v) is 15.0. The molecule has 0 amide bonds. The van der Waals surface area contributed by atoms with E-state index in [2.05, 4.69) is 51.9 Å². The lowest BCUT2D eigenvalue weighted by Crippen LogP contribution is -2.52. The van der Waals surface area contributed by atoms with Gasteiger partial charge < -0.3 is 10.1 Å². The van der Waals surface area contributed by atoms with E-state index in [9.17, 15) is 0 Å². The molecule has 0 aromatic carbocycles. The molecule has 3 atom stereocenters. The van der Waals surface area contributed by atoms with Crippen LogP contribution in [0.2, 0.25) is 0 Å². The average molecular weight is 296 g/mol. The first-order valence-electron chi connectivity index (χ1n) is 8.93. The van der Waals surface area contributed by atoms with Crippen LogP contribution in [-0.2, 0) is 4.74 Å². The third-order valence-corrected chi connectivity index (χ3v) is 5.68. The van der Waals surface area contributed by atoms with Gasteiger partial charge in [-0.25, -0.2) is 0 Å².